The SMILES string of the molecule is N#CC(C#N)=CN1CCNC(=O)C1CC(=O)OCCCc1ccccc1. The van der Waals surface area contributed by atoms with Crippen LogP contribution in [0.5, 0.6) is 0 Å². The summed E-state index contributed by atoms with van der Waals surface area (Å²) in [6.07, 6.45) is 2.70. The van der Waals surface area contributed by atoms with E-state index in [1.54, 1.807) is 17.0 Å². The number of esters is 1. The molecule has 1 unspecified atom stereocenters. The number of carbonyl (C=O) groups is 2. The van der Waals surface area contributed by atoms with Crippen LogP contribution in [0.1, 0.15) is 18.4 Å². The van der Waals surface area contributed by atoms with Gasteiger partial charge in [-0.15, -0.1) is 0 Å². The standard InChI is InChI=1S/C19H20N4O3/c20-12-16(13-21)14-23-9-8-22-19(25)17(23)11-18(24)26-10-4-7-15-5-2-1-3-6-15/h1-3,5-6,14,17H,4,7-11H2,(H,22,25). The number of benzene rings is 1. The Morgan fingerprint density at radius 1 is 1.31 bits per heavy atom. The summed E-state index contributed by atoms with van der Waals surface area (Å²) in [5, 5.41) is 20.4. The van der Waals surface area contributed by atoms with Crippen LogP contribution in [0.25, 0.3) is 0 Å². The Kier molecular flexibility index (Phi) is 7.20. The maximum atomic E-state index is 12.1. The Hall–Kier alpha value is -3.32. The first-order valence-electron chi connectivity index (χ1n) is 8.39. The fourth-order valence-electron chi connectivity index (χ4n) is 2.67. The molecular weight excluding hydrogens is 332 g/mol. The third-order valence-electron chi connectivity index (χ3n) is 3.98. The Morgan fingerprint density at radius 2 is 2.04 bits per heavy atom. The van der Waals surface area contributed by atoms with E-state index in [0.717, 1.165) is 6.42 Å². The van der Waals surface area contributed by atoms with Gasteiger partial charge in [-0.2, -0.15) is 10.5 Å². The predicted molar refractivity (Wildman–Crippen MR) is 93.2 cm³/mol. The van der Waals surface area contributed by atoms with Crippen molar-refractivity contribution in [1.82, 2.24) is 10.2 Å². The molecule has 0 aliphatic carbocycles. The van der Waals surface area contributed by atoms with Gasteiger partial charge in [-0.1, -0.05) is 30.3 Å². The number of carbonyl (C=O) groups excluding carboxylic acids is 2. The van der Waals surface area contributed by atoms with E-state index >= 15 is 0 Å². The Morgan fingerprint density at radius 3 is 2.73 bits per heavy atom. The number of amides is 1. The molecule has 2 rings (SSSR count). The number of allylic oxidation sites excluding steroid dienone is 1. The minimum absolute atomic E-state index is 0.110. The summed E-state index contributed by atoms with van der Waals surface area (Å²) in [5.74, 6) is -0.794. The third kappa shape index (κ3) is 5.64. The lowest BCUT2D eigenvalue weighted by Gasteiger charge is -2.33. The number of nitrogens with zero attached hydrogens (tertiary/aromatic N) is 3. The van der Waals surface area contributed by atoms with Crippen LogP contribution in [0.3, 0.4) is 0 Å². The maximum Gasteiger partial charge on any atom is 0.308 e. The number of piperazine rings is 1. The highest BCUT2D eigenvalue weighted by Gasteiger charge is 2.30. The second kappa shape index (κ2) is 9.85. The first kappa shape index (κ1) is 19.0. The topological polar surface area (TPSA) is 106 Å². The zero-order valence-electron chi connectivity index (χ0n) is 14.4. The van der Waals surface area contributed by atoms with Crippen LogP contribution < -0.4 is 5.32 Å². The number of nitrogens with one attached hydrogen (secondary N) is 1. The zero-order chi connectivity index (χ0) is 18.8. The summed E-state index contributed by atoms with van der Waals surface area (Å²) in [6.45, 7) is 1.09. The molecule has 1 aliphatic heterocycles. The van der Waals surface area contributed by atoms with Crippen molar-refractivity contribution in [2.75, 3.05) is 19.7 Å². The highest BCUT2D eigenvalue weighted by Crippen LogP contribution is 2.12. The molecule has 1 saturated heterocycles. The summed E-state index contributed by atoms with van der Waals surface area (Å²) in [7, 11) is 0. The maximum absolute atomic E-state index is 12.1. The molecule has 1 aromatic carbocycles. The zero-order valence-corrected chi connectivity index (χ0v) is 14.4. The van der Waals surface area contributed by atoms with Gasteiger partial charge in [-0.3, -0.25) is 9.59 Å². The van der Waals surface area contributed by atoms with Crippen molar-refractivity contribution in [2.24, 2.45) is 0 Å². The molecule has 0 aromatic heterocycles. The first-order chi connectivity index (χ1) is 12.6. The molecule has 1 amide bonds. The van der Waals surface area contributed by atoms with Crippen LogP contribution in [-0.4, -0.2) is 42.5 Å². The van der Waals surface area contributed by atoms with Gasteiger partial charge in [0.25, 0.3) is 0 Å². The van der Waals surface area contributed by atoms with Crippen molar-refractivity contribution in [3.63, 3.8) is 0 Å². The third-order valence-corrected chi connectivity index (χ3v) is 3.98. The normalized spacial score (nSPS) is 16.0. The van der Waals surface area contributed by atoms with Gasteiger partial charge in [-0.05, 0) is 18.4 Å². The predicted octanol–water partition coefficient (Wildman–Crippen LogP) is 1.28. The van der Waals surface area contributed by atoms with E-state index in [1.807, 2.05) is 30.3 Å². The van der Waals surface area contributed by atoms with Crippen LogP contribution in [0, 0.1) is 22.7 Å². The van der Waals surface area contributed by atoms with Gasteiger partial charge in [0.2, 0.25) is 5.91 Å². The molecule has 0 spiro atoms. The molecule has 26 heavy (non-hydrogen) atoms. The molecule has 0 saturated carbocycles. The van der Waals surface area contributed by atoms with Crippen LogP contribution in [-0.2, 0) is 20.7 Å². The van der Waals surface area contributed by atoms with E-state index in [-0.39, 0.29) is 24.5 Å². The number of rotatable bonds is 7. The van der Waals surface area contributed by atoms with E-state index in [0.29, 0.717) is 19.5 Å². The summed E-state index contributed by atoms with van der Waals surface area (Å²) < 4.78 is 5.22. The molecule has 1 atom stereocenters. The number of aryl methyl sites for hydroxylation is 1. The average molecular weight is 352 g/mol. The van der Waals surface area contributed by atoms with Gasteiger partial charge in [0, 0.05) is 19.3 Å². The molecule has 0 radical (unpaired) electrons. The Bertz CT molecular complexity index is 730. The molecule has 1 aliphatic rings. The number of hydrogen-bond donors (Lipinski definition) is 1. The van der Waals surface area contributed by atoms with Crippen molar-refractivity contribution < 1.29 is 14.3 Å². The van der Waals surface area contributed by atoms with Crippen molar-refractivity contribution in [2.45, 2.75) is 25.3 Å². The summed E-state index contributed by atoms with van der Waals surface area (Å²) in [5.41, 5.74) is 1.06. The molecule has 7 nitrogen and oxygen atoms in total. The molecule has 7 heteroatoms. The average Bonchev–Trinajstić information content (AvgIpc) is 2.66. The minimum Gasteiger partial charge on any atom is -0.466 e. The quantitative estimate of drug-likeness (QED) is 0.450. The fourth-order valence-corrected chi connectivity index (χ4v) is 2.67. The highest BCUT2D eigenvalue weighted by atomic mass is 16.5. The lowest BCUT2D eigenvalue weighted by molar-refractivity contribution is -0.147. The Balaban J connectivity index is 1.84. The molecule has 1 fully saturated rings. The van der Waals surface area contributed by atoms with Gasteiger partial charge in [0.1, 0.15) is 23.8 Å². The van der Waals surface area contributed by atoms with Crippen molar-refractivity contribution in [3.05, 3.63) is 47.7 Å². The van der Waals surface area contributed by atoms with E-state index in [9.17, 15) is 9.59 Å². The first-order valence-corrected chi connectivity index (χ1v) is 8.39. The van der Waals surface area contributed by atoms with Gasteiger partial charge >= 0.3 is 5.97 Å². The molecule has 0 bridgehead atoms. The van der Waals surface area contributed by atoms with E-state index < -0.39 is 12.0 Å². The van der Waals surface area contributed by atoms with Gasteiger partial charge < -0.3 is 15.0 Å². The largest absolute Gasteiger partial charge is 0.466 e. The van der Waals surface area contributed by atoms with E-state index in [4.69, 9.17) is 15.3 Å². The van der Waals surface area contributed by atoms with Crippen LogP contribution in [0.4, 0.5) is 0 Å². The molecule has 1 heterocycles. The van der Waals surface area contributed by atoms with Gasteiger partial charge in [0.05, 0.1) is 13.0 Å². The molecule has 1 N–H and O–H groups in total. The fraction of sp³-hybridized carbons (Fsp3) is 0.368. The highest BCUT2D eigenvalue weighted by molar-refractivity contribution is 5.87. The second-order valence-electron chi connectivity index (χ2n) is 5.82. The minimum atomic E-state index is -0.776. The lowest BCUT2D eigenvalue weighted by Crippen LogP contribution is -2.54. The summed E-state index contributed by atoms with van der Waals surface area (Å²) in [4.78, 5) is 25.7. The molecule has 134 valence electrons. The Labute approximate surface area is 152 Å². The summed E-state index contributed by atoms with van der Waals surface area (Å²) in [6, 6.07) is 12.6. The van der Waals surface area contributed by atoms with Crippen molar-refractivity contribution >= 4 is 11.9 Å². The second-order valence-corrected chi connectivity index (χ2v) is 5.82. The van der Waals surface area contributed by atoms with Crippen molar-refractivity contribution in [1.29, 1.82) is 10.5 Å². The summed E-state index contributed by atoms with van der Waals surface area (Å²) >= 11 is 0. The van der Waals surface area contributed by atoms with Crippen LogP contribution >= 0.6 is 0 Å². The van der Waals surface area contributed by atoms with E-state index in [1.165, 1.54) is 11.8 Å². The monoisotopic (exact) mass is 352 g/mol. The lowest BCUT2D eigenvalue weighted by atomic mass is 10.1. The number of ether oxygens (including phenoxy) is 1. The number of hydrogen-bond acceptors (Lipinski definition) is 6. The van der Waals surface area contributed by atoms with Crippen LogP contribution in [0.15, 0.2) is 42.1 Å². The van der Waals surface area contributed by atoms with Crippen molar-refractivity contribution in [3.8, 4) is 12.1 Å². The molecule has 1 aromatic rings. The van der Waals surface area contributed by atoms with Gasteiger partial charge in [0.15, 0.2) is 0 Å². The van der Waals surface area contributed by atoms with Gasteiger partial charge in [-0.25, -0.2) is 0 Å². The van der Waals surface area contributed by atoms with Crippen LogP contribution in [0.2, 0.25) is 0 Å². The number of nitriles is 2. The van der Waals surface area contributed by atoms with E-state index in [2.05, 4.69) is 5.32 Å². The smallest absolute Gasteiger partial charge is 0.308 e. The molecular formula is C19H20N4O3.